The molecule has 0 aliphatic carbocycles. The number of allylic oxidation sites excluding steroid dienone is 2. The Balaban J connectivity index is 3.20. The summed E-state index contributed by atoms with van der Waals surface area (Å²) in [6.07, 6.45) is 5.09. The molecule has 0 bridgehead atoms. The molecule has 0 spiro atoms. The lowest BCUT2D eigenvalue weighted by atomic mass is 10.0. The van der Waals surface area contributed by atoms with Crippen molar-refractivity contribution < 1.29 is 5.11 Å². The van der Waals surface area contributed by atoms with Gasteiger partial charge in [-0.2, -0.15) is 0 Å². The predicted octanol–water partition coefficient (Wildman–Crippen LogP) is 3.17. The molecule has 74 valence electrons. The molecule has 0 aliphatic rings. The largest absolute Gasteiger partial charge is 0.507 e. The quantitative estimate of drug-likeness (QED) is 0.572. The van der Waals surface area contributed by atoms with Crippen molar-refractivity contribution in [1.82, 2.24) is 4.98 Å². The zero-order chi connectivity index (χ0) is 10.7. The van der Waals surface area contributed by atoms with Gasteiger partial charge in [-0.05, 0) is 38.0 Å². The molecular weight excluding hydrogens is 174 g/mol. The van der Waals surface area contributed by atoms with Crippen molar-refractivity contribution in [2.24, 2.45) is 0 Å². The average Bonchev–Trinajstić information content (AvgIpc) is 2.08. The summed E-state index contributed by atoms with van der Waals surface area (Å²) >= 11 is 0. The third kappa shape index (κ3) is 2.22. The summed E-state index contributed by atoms with van der Waals surface area (Å²) in [5, 5.41) is 9.76. The Labute approximate surface area is 84.6 Å². The molecule has 1 aromatic heterocycles. The van der Waals surface area contributed by atoms with Crippen LogP contribution in [0.5, 0.6) is 0 Å². The van der Waals surface area contributed by atoms with Gasteiger partial charge in [0.25, 0.3) is 0 Å². The fraction of sp³-hybridized carbons (Fsp3) is 0.250. The fourth-order valence-electron chi connectivity index (χ4n) is 1.20. The molecule has 0 aliphatic heterocycles. The molecule has 2 heteroatoms. The Morgan fingerprint density at radius 1 is 1.43 bits per heavy atom. The summed E-state index contributed by atoms with van der Waals surface area (Å²) in [6, 6.07) is 0. The lowest BCUT2D eigenvalue weighted by Crippen LogP contribution is -1.93. The van der Waals surface area contributed by atoms with E-state index in [4.69, 9.17) is 0 Å². The van der Waals surface area contributed by atoms with E-state index in [9.17, 15) is 5.11 Å². The highest BCUT2D eigenvalue weighted by molar-refractivity contribution is 5.64. The maximum atomic E-state index is 9.76. The first-order valence-electron chi connectivity index (χ1n) is 4.50. The number of rotatable bonds is 2. The Morgan fingerprint density at radius 2 is 2.07 bits per heavy atom. The van der Waals surface area contributed by atoms with Crippen LogP contribution in [0.15, 0.2) is 30.6 Å². The average molecular weight is 189 g/mol. The van der Waals surface area contributed by atoms with Gasteiger partial charge in [-0.15, -0.1) is 0 Å². The lowest BCUT2D eigenvalue weighted by molar-refractivity contribution is 0.510. The molecule has 0 aromatic carbocycles. The highest BCUT2D eigenvalue weighted by Crippen LogP contribution is 2.18. The van der Waals surface area contributed by atoms with Crippen LogP contribution in [0.1, 0.15) is 23.6 Å². The van der Waals surface area contributed by atoms with Gasteiger partial charge in [0.05, 0.1) is 0 Å². The monoisotopic (exact) mass is 189 g/mol. The highest BCUT2D eigenvalue weighted by Gasteiger charge is 2.05. The minimum absolute atomic E-state index is 0.228. The van der Waals surface area contributed by atoms with E-state index in [0.29, 0.717) is 0 Å². The molecule has 1 rings (SSSR count). The first-order valence-corrected chi connectivity index (χ1v) is 4.50. The molecule has 1 aromatic rings. The zero-order valence-corrected chi connectivity index (χ0v) is 8.83. The van der Waals surface area contributed by atoms with Crippen LogP contribution in [0.25, 0.3) is 5.76 Å². The second-order valence-electron chi connectivity index (χ2n) is 3.50. The van der Waals surface area contributed by atoms with Crippen LogP contribution in [-0.2, 0) is 0 Å². The van der Waals surface area contributed by atoms with Gasteiger partial charge in [0, 0.05) is 18.0 Å². The summed E-state index contributed by atoms with van der Waals surface area (Å²) in [6.45, 7) is 9.50. The predicted molar refractivity (Wildman–Crippen MR) is 59.1 cm³/mol. The molecule has 0 atom stereocenters. The Bertz CT molecular complexity index is 391. The van der Waals surface area contributed by atoms with Crippen molar-refractivity contribution in [1.29, 1.82) is 0 Å². The maximum Gasteiger partial charge on any atom is 0.124 e. The van der Waals surface area contributed by atoms with Gasteiger partial charge in [-0.25, -0.2) is 0 Å². The number of hydrogen-bond donors (Lipinski definition) is 1. The molecule has 0 unspecified atom stereocenters. The first-order chi connectivity index (χ1) is 6.52. The Hall–Kier alpha value is -1.57. The van der Waals surface area contributed by atoms with Crippen LogP contribution in [-0.4, -0.2) is 10.1 Å². The van der Waals surface area contributed by atoms with Crippen LogP contribution in [0, 0.1) is 13.8 Å². The molecule has 0 saturated heterocycles. The van der Waals surface area contributed by atoms with Gasteiger partial charge < -0.3 is 5.11 Å². The van der Waals surface area contributed by atoms with Crippen molar-refractivity contribution in [3.05, 3.63) is 47.3 Å². The van der Waals surface area contributed by atoms with Crippen molar-refractivity contribution in [3.8, 4) is 0 Å². The highest BCUT2D eigenvalue weighted by atomic mass is 16.3. The number of aromatic nitrogens is 1. The van der Waals surface area contributed by atoms with Gasteiger partial charge in [-0.1, -0.05) is 12.2 Å². The molecule has 14 heavy (non-hydrogen) atoms. The van der Waals surface area contributed by atoms with Crippen molar-refractivity contribution in [3.63, 3.8) is 0 Å². The third-order valence-electron chi connectivity index (χ3n) is 2.13. The fourth-order valence-corrected chi connectivity index (χ4v) is 1.20. The molecule has 0 radical (unpaired) electrons. The van der Waals surface area contributed by atoms with E-state index in [1.54, 1.807) is 18.5 Å². The molecule has 2 nitrogen and oxygen atoms in total. The lowest BCUT2D eigenvalue weighted by Gasteiger charge is -2.06. The second kappa shape index (κ2) is 4.09. The van der Waals surface area contributed by atoms with Crippen LogP contribution in [0.3, 0.4) is 0 Å². The van der Waals surface area contributed by atoms with Gasteiger partial charge in [0.2, 0.25) is 0 Å². The topological polar surface area (TPSA) is 33.1 Å². The van der Waals surface area contributed by atoms with Crippen molar-refractivity contribution in [2.45, 2.75) is 20.8 Å². The summed E-state index contributed by atoms with van der Waals surface area (Å²) in [7, 11) is 0. The zero-order valence-electron chi connectivity index (χ0n) is 8.83. The second-order valence-corrected chi connectivity index (χ2v) is 3.50. The van der Waals surface area contributed by atoms with Gasteiger partial charge >= 0.3 is 0 Å². The van der Waals surface area contributed by atoms with E-state index in [1.807, 2.05) is 20.8 Å². The molecule has 0 amide bonds. The number of hydrogen-bond acceptors (Lipinski definition) is 2. The van der Waals surface area contributed by atoms with Crippen molar-refractivity contribution >= 4 is 5.76 Å². The van der Waals surface area contributed by atoms with E-state index in [1.165, 1.54) is 0 Å². The number of pyridine rings is 1. The number of aliphatic hydroxyl groups is 1. The van der Waals surface area contributed by atoms with Gasteiger partial charge in [0.15, 0.2) is 0 Å². The Kier molecular flexibility index (Phi) is 3.07. The van der Waals surface area contributed by atoms with Gasteiger partial charge in [0.1, 0.15) is 5.76 Å². The molecular formula is C12H15NO. The van der Waals surface area contributed by atoms with E-state index in [0.717, 1.165) is 22.3 Å². The Morgan fingerprint density at radius 3 is 2.64 bits per heavy atom. The third-order valence-corrected chi connectivity index (χ3v) is 2.13. The number of nitrogens with zero attached hydrogens (tertiary/aromatic N) is 1. The van der Waals surface area contributed by atoms with Crippen molar-refractivity contribution in [2.75, 3.05) is 0 Å². The van der Waals surface area contributed by atoms with Gasteiger partial charge in [-0.3, -0.25) is 4.98 Å². The summed E-state index contributed by atoms with van der Waals surface area (Å²) in [5.74, 6) is 0.228. The minimum atomic E-state index is 0.228. The normalized spacial score (nSPS) is 11.5. The summed E-state index contributed by atoms with van der Waals surface area (Å²) < 4.78 is 0. The van der Waals surface area contributed by atoms with E-state index in [-0.39, 0.29) is 5.76 Å². The number of aliphatic hydroxyl groups excluding tert-OH is 1. The van der Waals surface area contributed by atoms with E-state index < -0.39 is 0 Å². The minimum Gasteiger partial charge on any atom is -0.507 e. The first kappa shape index (κ1) is 10.5. The smallest absolute Gasteiger partial charge is 0.124 e. The standard InChI is InChI=1S/C12H15NO/c1-8(2)5-12(14)11-7-13-6-9(3)10(11)4/h5-7,14H,1H2,2-4H3/b12-5+. The molecule has 1 heterocycles. The van der Waals surface area contributed by atoms with E-state index in [2.05, 4.69) is 11.6 Å². The van der Waals surface area contributed by atoms with Crippen LogP contribution < -0.4 is 0 Å². The summed E-state index contributed by atoms with van der Waals surface area (Å²) in [5.41, 5.74) is 3.72. The van der Waals surface area contributed by atoms with Crippen LogP contribution in [0.2, 0.25) is 0 Å². The molecule has 1 N–H and O–H groups in total. The maximum absolute atomic E-state index is 9.76. The van der Waals surface area contributed by atoms with Crippen LogP contribution in [0.4, 0.5) is 0 Å². The van der Waals surface area contributed by atoms with Crippen LogP contribution >= 0.6 is 0 Å². The molecule has 0 saturated carbocycles. The summed E-state index contributed by atoms with van der Waals surface area (Å²) in [4.78, 5) is 4.04. The SMILES string of the molecule is C=C(C)/C=C(/O)c1cncc(C)c1C. The molecule has 0 fully saturated rings. The van der Waals surface area contributed by atoms with E-state index >= 15 is 0 Å². The number of aryl methyl sites for hydroxylation is 1.